The molecule has 0 unspecified atom stereocenters. The molecule has 0 bridgehead atoms. The number of hydrogen-bond donors (Lipinski definition) is 1. The van der Waals surface area contributed by atoms with Crippen LogP contribution in [0.5, 0.6) is 11.5 Å². The lowest BCUT2D eigenvalue weighted by molar-refractivity contribution is -0.138. The summed E-state index contributed by atoms with van der Waals surface area (Å²) in [6, 6.07) is 1.52. The molecule has 1 aromatic carbocycles. The van der Waals surface area contributed by atoms with Crippen LogP contribution >= 0.6 is 11.6 Å². The Balaban J connectivity index is 3.44. The summed E-state index contributed by atoms with van der Waals surface area (Å²) < 4.78 is 72.6. The van der Waals surface area contributed by atoms with Gasteiger partial charge >= 0.3 is 6.18 Å². The molecule has 1 N–H and O–H groups in total. The van der Waals surface area contributed by atoms with Crippen molar-refractivity contribution in [3.63, 3.8) is 0 Å². The highest BCUT2D eigenvalue weighted by Crippen LogP contribution is 2.42. The van der Waals surface area contributed by atoms with Gasteiger partial charge in [0.2, 0.25) is 10.0 Å². The number of alkyl halides is 4. The van der Waals surface area contributed by atoms with Crippen molar-refractivity contribution in [2.24, 2.45) is 0 Å². The fourth-order valence-electron chi connectivity index (χ4n) is 1.40. The lowest BCUT2D eigenvalue weighted by atomic mass is 10.1. The van der Waals surface area contributed by atoms with Gasteiger partial charge in [0.15, 0.2) is 0 Å². The van der Waals surface area contributed by atoms with Crippen molar-refractivity contribution < 1.29 is 31.1 Å². The van der Waals surface area contributed by atoms with Crippen molar-refractivity contribution in [1.82, 2.24) is 0 Å². The van der Waals surface area contributed by atoms with E-state index >= 15 is 0 Å². The van der Waals surface area contributed by atoms with Crippen molar-refractivity contribution in [2.75, 3.05) is 24.2 Å². The average Bonchev–Trinajstić information content (AvgIpc) is 2.36. The number of halogens is 4. The van der Waals surface area contributed by atoms with Crippen molar-refractivity contribution in [3.8, 4) is 11.5 Å². The van der Waals surface area contributed by atoms with Gasteiger partial charge in [0, 0.05) is 6.07 Å². The molecule has 10 heteroatoms. The summed E-state index contributed by atoms with van der Waals surface area (Å²) in [6.07, 6.45) is -4.71. The number of nitrogens with one attached hydrogen (secondary N) is 1. The molecule has 0 aromatic heterocycles. The van der Waals surface area contributed by atoms with Crippen LogP contribution < -0.4 is 14.2 Å². The lowest BCUT2D eigenvalue weighted by Gasteiger charge is -2.17. The first-order valence-electron chi connectivity index (χ1n) is 5.04. The first-order valence-corrected chi connectivity index (χ1v) is 7.23. The van der Waals surface area contributed by atoms with Crippen LogP contribution in [-0.2, 0) is 16.2 Å². The smallest absolute Gasteiger partial charge is 0.420 e. The minimum Gasteiger partial charge on any atom is -0.496 e. The first-order chi connectivity index (χ1) is 9.14. The van der Waals surface area contributed by atoms with E-state index in [0.717, 1.165) is 13.2 Å². The van der Waals surface area contributed by atoms with E-state index < -0.39 is 32.7 Å². The molecule has 5 nitrogen and oxygen atoms in total. The zero-order chi connectivity index (χ0) is 15.6. The maximum atomic E-state index is 12.8. The Morgan fingerprint density at radius 2 is 1.75 bits per heavy atom. The largest absolute Gasteiger partial charge is 0.496 e. The first kappa shape index (κ1) is 16.7. The molecule has 1 rings (SSSR count). The zero-order valence-corrected chi connectivity index (χ0v) is 12.0. The second-order valence-electron chi connectivity index (χ2n) is 3.58. The molecule has 1 aromatic rings. The van der Waals surface area contributed by atoms with Crippen molar-refractivity contribution >= 4 is 27.3 Å². The van der Waals surface area contributed by atoms with Crippen LogP contribution in [0.4, 0.5) is 18.9 Å². The summed E-state index contributed by atoms with van der Waals surface area (Å²) in [5.74, 6) is -0.605. The SMILES string of the molecule is COc1cc(OC)c(C(F)(F)F)cc1NS(=O)(=O)CCl. The number of benzene rings is 1. The number of anilines is 1. The van der Waals surface area contributed by atoms with E-state index in [2.05, 4.69) is 4.74 Å². The van der Waals surface area contributed by atoms with E-state index in [1.807, 2.05) is 4.72 Å². The third-order valence-corrected chi connectivity index (χ3v) is 3.92. The number of hydrogen-bond acceptors (Lipinski definition) is 4. The Labute approximate surface area is 118 Å². The van der Waals surface area contributed by atoms with E-state index in [0.29, 0.717) is 6.07 Å². The molecule has 0 radical (unpaired) electrons. The van der Waals surface area contributed by atoms with Crippen molar-refractivity contribution in [3.05, 3.63) is 17.7 Å². The predicted molar refractivity (Wildman–Crippen MR) is 67.8 cm³/mol. The Bertz CT molecular complexity index is 589. The molecule has 0 spiro atoms. The Morgan fingerprint density at radius 3 is 2.15 bits per heavy atom. The van der Waals surface area contributed by atoms with E-state index in [1.165, 1.54) is 7.11 Å². The fourth-order valence-corrected chi connectivity index (χ4v) is 2.11. The summed E-state index contributed by atoms with van der Waals surface area (Å²) in [5, 5.41) is -0.802. The average molecular weight is 334 g/mol. The second-order valence-corrected chi connectivity index (χ2v) is 5.88. The van der Waals surface area contributed by atoms with E-state index in [1.54, 1.807) is 0 Å². The van der Waals surface area contributed by atoms with Crippen LogP contribution in [0.1, 0.15) is 5.56 Å². The van der Waals surface area contributed by atoms with E-state index in [-0.39, 0.29) is 11.4 Å². The van der Waals surface area contributed by atoms with Gasteiger partial charge in [-0.25, -0.2) is 8.42 Å². The Hall–Kier alpha value is -1.35. The molecule has 0 atom stereocenters. The van der Waals surface area contributed by atoms with E-state index in [9.17, 15) is 21.6 Å². The second kappa shape index (κ2) is 5.96. The molecule has 0 aliphatic carbocycles. The zero-order valence-electron chi connectivity index (χ0n) is 10.4. The third-order valence-electron chi connectivity index (χ3n) is 2.24. The van der Waals surface area contributed by atoms with Gasteiger partial charge in [-0.1, -0.05) is 0 Å². The molecule has 114 valence electrons. The highest BCUT2D eigenvalue weighted by molar-refractivity contribution is 7.93. The molecule has 0 aliphatic rings. The molecular formula is C10H11ClF3NO4S. The molecule has 0 fully saturated rings. The van der Waals surface area contributed by atoms with Crippen LogP contribution in [0.15, 0.2) is 12.1 Å². The van der Waals surface area contributed by atoms with Crippen LogP contribution in [0.2, 0.25) is 0 Å². The molecule has 0 aliphatic heterocycles. The molecule has 0 saturated heterocycles. The van der Waals surface area contributed by atoms with Crippen LogP contribution in [-0.4, -0.2) is 27.8 Å². The molecule has 0 amide bonds. The number of ether oxygens (including phenoxy) is 2. The third kappa shape index (κ3) is 3.83. The van der Waals surface area contributed by atoms with Crippen LogP contribution in [0.25, 0.3) is 0 Å². The highest BCUT2D eigenvalue weighted by atomic mass is 35.5. The minimum atomic E-state index is -4.71. The summed E-state index contributed by atoms with van der Waals surface area (Å²) >= 11 is 5.19. The minimum absolute atomic E-state index is 0.122. The summed E-state index contributed by atoms with van der Waals surface area (Å²) in [5.41, 5.74) is -1.51. The van der Waals surface area contributed by atoms with Crippen molar-refractivity contribution in [2.45, 2.75) is 6.18 Å². The van der Waals surface area contributed by atoms with Crippen LogP contribution in [0, 0.1) is 0 Å². The van der Waals surface area contributed by atoms with Gasteiger partial charge in [0.1, 0.15) is 16.7 Å². The highest BCUT2D eigenvalue weighted by Gasteiger charge is 2.36. The van der Waals surface area contributed by atoms with Crippen LogP contribution in [0.3, 0.4) is 0 Å². The molecular weight excluding hydrogens is 323 g/mol. The van der Waals surface area contributed by atoms with Gasteiger partial charge < -0.3 is 9.47 Å². The monoisotopic (exact) mass is 333 g/mol. The topological polar surface area (TPSA) is 64.6 Å². The van der Waals surface area contributed by atoms with Gasteiger partial charge in [0.05, 0.1) is 25.5 Å². The normalized spacial score (nSPS) is 12.1. The van der Waals surface area contributed by atoms with Gasteiger partial charge in [0.25, 0.3) is 0 Å². The lowest BCUT2D eigenvalue weighted by Crippen LogP contribution is -2.16. The van der Waals surface area contributed by atoms with Gasteiger partial charge in [-0.05, 0) is 6.07 Å². The fraction of sp³-hybridized carbons (Fsp3) is 0.400. The maximum absolute atomic E-state index is 12.8. The standard InChI is InChI=1S/C10H11ClF3NO4S/c1-18-8-4-9(19-2)7(15-20(16,17)5-11)3-6(8)10(12,13)14/h3-4,15H,5H2,1-2H3. The van der Waals surface area contributed by atoms with E-state index in [4.69, 9.17) is 16.3 Å². The quantitative estimate of drug-likeness (QED) is 0.841. The summed E-state index contributed by atoms with van der Waals surface area (Å²) in [7, 11) is -1.72. The van der Waals surface area contributed by atoms with Gasteiger partial charge in [-0.15, -0.1) is 11.6 Å². The summed E-state index contributed by atoms with van der Waals surface area (Å²) in [6.45, 7) is 0. The van der Waals surface area contributed by atoms with Gasteiger partial charge in [-0.3, -0.25) is 4.72 Å². The summed E-state index contributed by atoms with van der Waals surface area (Å²) in [4.78, 5) is 0. The molecule has 20 heavy (non-hydrogen) atoms. The molecule has 0 saturated carbocycles. The number of methoxy groups -OCH3 is 2. The Morgan fingerprint density at radius 1 is 1.20 bits per heavy atom. The van der Waals surface area contributed by atoms with Gasteiger partial charge in [-0.2, -0.15) is 13.2 Å². The number of sulfonamides is 1. The number of rotatable bonds is 5. The predicted octanol–water partition coefficient (Wildman–Crippen LogP) is 2.66. The maximum Gasteiger partial charge on any atom is 0.420 e. The Kier molecular flexibility index (Phi) is 4.98. The molecule has 0 heterocycles. The van der Waals surface area contributed by atoms with Crippen molar-refractivity contribution in [1.29, 1.82) is 0 Å².